The lowest BCUT2D eigenvalue weighted by molar-refractivity contribution is -0.0498. The van der Waals surface area contributed by atoms with Gasteiger partial charge in [0.2, 0.25) is 0 Å². The van der Waals surface area contributed by atoms with Crippen molar-refractivity contribution in [1.82, 2.24) is 14.5 Å². The van der Waals surface area contributed by atoms with Crippen molar-refractivity contribution in [3.63, 3.8) is 0 Å². The highest BCUT2D eigenvalue weighted by atomic mass is 19.3. The second-order valence-electron chi connectivity index (χ2n) is 9.75. The summed E-state index contributed by atoms with van der Waals surface area (Å²) >= 11 is 0. The third-order valence-corrected chi connectivity index (χ3v) is 7.17. The van der Waals surface area contributed by atoms with Crippen LogP contribution in [0.5, 0.6) is 5.75 Å². The summed E-state index contributed by atoms with van der Waals surface area (Å²) in [5.74, 6) is 0.936. The molecule has 4 aromatic rings. The molecule has 0 amide bonds. The molecule has 0 aliphatic carbocycles. The Kier molecular flexibility index (Phi) is 7.33. The SMILES string of the molecule is CCN1CCCC(Cn2c(-c3ccc(OC(F)F)cc3)nc3ccc(-c4ccc(C)cc4)cc3c2=O)C1. The molecule has 1 aromatic heterocycles. The van der Waals surface area contributed by atoms with E-state index in [0.717, 1.165) is 43.6 Å². The lowest BCUT2D eigenvalue weighted by atomic mass is 9.97. The Balaban J connectivity index is 1.60. The molecule has 3 aromatic carbocycles. The first-order chi connectivity index (χ1) is 17.9. The van der Waals surface area contributed by atoms with Crippen LogP contribution in [0.2, 0.25) is 0 Å². The van der Waals surface area contributed by atoms with Gasteiger partial charge < -0.3 is 9.64 Å². The van der Waals surface area contributed by atoms with Gasteiger partial charge in [0, 0.05) is 18.7 Å². The summed E-state index contributed by atoms with van der Waals surface area (Å²) in [5, 5.41) is 0.572. The van der Waals surface area contributed by atoms with E-state index in [1.807, 2.05) is 25.1 Å². The first-order valence-corrected chi connectivity index (χ1v) is 12.8. The molecule has 1 saturated heterocycles. The lowest BCUT2D eigenvalue weighted by Crippen LogP contribution is -2.38. The number of hydrogen-bond acceptors (Lipinski definition) is 4. The highest BCUT2D eigenvalue weighted by Gasteiger charge is 2.22. The van der Waals surface area contributed by atoms with Crippen molar-refractivity contribution in [2.24, 2.45) is 5.92 Å². The molecule has 7 heteroatoms. The van der Waals surface area contributed by atoms with Crippen LogP contribution in [-0.4, -0.2) is 40.7 Å². The number of aryl methyl sites for hydroxylation is 1. The van der Waals surface area contributed by atoms with Crippen LogP contribution >= 0.6 is 0 Å². The first-order valence-electron chi connectivity index (χ1n) is 12.8. The maximum Gasteiger partial charge on any atom is 0.387 e. The minimum atomic E-state index is -2.89. The zero-order valence-electron chi connectivity index (χ0n) is 21.2. The van der Waals surface area contributed by atoms with Crippen LogP contribution in [0, 0.1) is 12.8 Å². The Labute approximate surface area is 215 Å². The highest BCUT2D eigenvalue weighted by Crippen LogP contribution is 2.28. The van der Waals surface area contributed by atoms with Gasteiger partial charge in [0.15, 0.2) is 0 Å². The molecule has 37 heavy (non-hydrogen) atoms. The average Bonchev–Trinajstić information content (AvgIpc) is 2.91. The lowest BCUT2D eigenvalue weighted by Gasteiger charge is -2.32. The van der Waals surface area contributed by atoms with E-state index in [-0.39, 0.29) is 11.3 Å². The van der Waals surface area contributed by atoms with Gasteiger partial charge in [0.25, 0.3) is 5.56 Å². The predicted octanol–water partition coefficient (Wildman–Crippen LogP) is 6.37. The average molecular weight is 504 g/mol. The van der Waals surface area contributed by atoms with Crippen LogP contribution in [0.15, 0.2) is 71.5 Å². The first kappa shape index (κ1) is 25.1. The highest BCUT2D eigenvalue weighted by molar-refractivity contribution is 5.85. The molecule has 1 aliphatic heterocycles. The van der Waals surface area contributed by atoms with E-state index >= 15 is 0 Å². The fourth-order valence-electron chi connectivity index (χ4n) is 5.17. The Hall–Kier alpha value is -3.58. The minimum Gasteiger partial charge on any atom is -0.435 e. The van der Waals surface area contributed by atoms with E-state index in [2.05, 4.69) is 40.8 Å². The zero-order chi connectivity index (χ0) is 25.9. The van der Waals surface area contributed by atoms with E-state index in [1.165, 1.54) is 17.7 Å². The molecular formula is C30H31F2N3O2. The van der Waals surface area contributed by atoms with Crippen LogP contribution in [0.1, 0.15) is 25.3 Å². The predicted molar refractivity (Wildman–Crippen MR) is 143 cm³/mol. The quantitative estimate of drug-likeness (QED) is 0.294. The third-order valence-electron chi connectivity index (χ3n) is 7.17. The van der Waals surface area contributed by atoms with Gasteiger partial charge in [-0.3, -0.25) is 9.36 Å². The molecule has 1 fully saturated rings. The second-order valence-corrected chi connectivity index (χ2v) is 9.75. The van der Waals surface area contributed by atoms with Crippen molar-refractivity contribution in [2.45, 2.75) is 39.8 Å². The molecule has 0 saturated carbocycles. The Bertz CT molecular complexity index is 1430. The van der Waals surface area contributed by atoms with Crippen LogP contribution in [-0.2, 0) is 6.54 Å². The number of benzene rings is 3. The van der Waals surface area contributed by atoms with Gasteiger partial charge in [-0.05, 0) is 86.3 Å². The number of ether oxygens (including phenoxy) is 1. The summed E-state index contributed by atoms with van der Waals surface area (Å²) in [5.41, 5.74) is 4.40. The molecule has 2 heterocycles. The molecule has 192 valence electrons. The molecule has 1 aliphatic rings. The van der Waals surface area contributed by atoms with Crippen molar-refractivity contribution in [2.75, 3.05) is 19.6 Å². The fraction of sp³-hybridized carbons (Fsp3) is 0.333. The van der Waals surface area contributed by atoms with Gasteiger partial charge >= 0.3 is 6.61 Å². The second kappa shape index (κ2) is 10.8. The Morgan fingerprint density at radius 3 is 2.41 bits per heavy atom. The number of hydrogen-bond donors (Lipinski definition) is 0. The third kappa shape index (κ3) is 5.57. The normalized spacial score (nSPS) is 16.4. The smallest absolute Gasteiger partial charge is 0.387 e. The summed E-state index contributed by atoms with van der Waals surface area (Å²) in [6.07, 6.45) is 2.14. The summed E-state index contributed by atoms with van der Waals surface area (Å²) in [6, 6.07) is 20.4. The number of aromatic nitrogens is 2. The van der Waals surface area contributed by atoms with Crippen molar-refractivity contribution < 1.29 is 13.5 Å². The van der Waals surface area contributed by atoms with Gasteiger partial charge in [0.1, 0.15) is 11.6 Å². The molecule has 1 unspecified atom stereocenters. The number of halogens is 2. The van der Waals surface area contributed by atoms with Crippen LogP contribution in [0.3, 0.4) is 0 Å². The van der Waals surface area contributed by atoms with E-state index in [1.54, 1.807) is 16.7 Å². The van der Waals surface area contributed by atoms with Gasteiger partial charge in [-0.1, -0.05) is 42.8 Å². The summed E-state index contributed by atoms with van der Waals surface area (Å²) in [4.78, 5) is 21.3. The van der Waals surface area contributed by atoms with Gasteiger partial charge in [-0.25, -0.2) is 4.98 Å². The summed E-state index contributed by atoms with van der Waals surface area (Å²) in [6.45, 7) is 4.87. The summed E-state index contributed by atoms with van der Waals surface area (Å²) in [7, 11) is 0. The van der Waals surface area contributed by atoms with Crippen molar-refractivity contribution in [3.8, 4) is 28.3 Å². The number of fused-ring (bicyclic) bond motifs is 1. The van der Waals surface area contributed by atoms with E-state index in [0.29, 0.717) is 34.8 Å². The van der Waals surface area contributed by atoms with Crippen molar-refractivity contribution >= 4 is 10.9 Å². The molecule has 1 atom stereocenters. The molecular weight excluding hydrogens is 472 g/mol. The number of piperidine rings is 1. The van der Waals surface area contributed by atoms with E-state index < -0.39 is 6.61 Å². The largest absolute Gasteiger partial charge is 0.435 e. The zero-order valence-corrected chi connectivity index (χ0v) is 21.2. The minimum absolute atomic E-state index is 0.0713. The van der Waals surface area contributed by atoms with Crippen LogP contribution < -0.4 is 10.3 Å². The van der Waals surface area contributed by atoms with Crippen molar-refractivity contribution in [1.29, 1.82) is 0 Å². The number of nitrogens with zero attached hydrogens (tertiary/aromatic N) is 3. The maximum absolute atomic E-state index is 14.0. The molecule has 0 radical (unpaired) electrons. The monoisotopic (exact) mass is 503 g/mol. The van der Waals surface area contributed by atoms with Gasteiger partial charge in [0.05, 0.1) is 10.9 Å². The summed E-state index contributed by atoms with van der Waals surface area (Å²) < 4.78 is 31.6. The molecule has 0 spiro atoms. The van der Waals surface area contributed by atoms with Crippen LogP contribution in [0.4, 0.5) is 8.78 Å². The fourth-order valence-corrected chi connectivity index (χ4v) is 5.17. The van der Waals surface area contributed by atoms with Crippen LogP contribution in [0.25, 0.3) is 33.4 Å². The van der Waals surface area contributed by atoms with E-state index in [9.17, 15) is 13.6 Å². The Morgan fingerprint density at radius 2 is 1.70 bits per heavy atom. The Morgan fingerprint density at radius 1 is 1.00 bits per heavy atom. The maximum atomic E-state index is 14.0. The van der Waals surface area contributed by atoms with E-state index in [4.69, 9.17) is 4.98 Å². The van der Waals surface area contributed by atoms with Gasteiger partial charge in [-0.2, -0.15) is 8.78 Å². The van der Waals surface area contributed by atoms with Crippen molar-refractivity contribution in [3.05, 3.63) is 82.6 Å². The molecule has 5 rings (SSSR count). The molecule has 0 bridgehead atoms. The standard InChI is InChI=1S/C30H31F2N3O2/c1-3-34-16-4-5-21(18-34)19-35-28(23-10-13-25(14-11-23)37-30(31)32)33-27-15-12-24(17-26(27)29(35)36)22-8-6-20(2)7-9-22/h6-15,17,21,30H,3-5,16,18-19H2,1-2H3. The number of alkyl halides is 2. The number of rotatable bonds is 7. The number of likely N-dealkylation sites (tertiary alicyclic amines) is 1. The topological polar surface area (TPSA) is 47.4 Å². The van der Waals surface area contributed by atoms with Gasteiger partial charge in [-0.15, -0.1) is 0 Å². The molecule has 5 nitrogen and oxygen atoms in total. The molecule has 0 N–H and O–H groups in total.